The first-order valence-electron chi connectivity index (χ1n) is 8.55. The van der Waals surface area contributed by atoms with Crippen molar-refractivity contribution >= 4 is 23.7 Å². The first-order valence-corrected chi connectivity index (χ1v) is 8.55. The number of nitrogens with zero attached hydrogens (tertiary/aromatic N) is 1. The summed E-state index contributed by atoms with van der Waals surface area (Å²) in [4.78, 5) is 54.5. The van der Waals surface area contributed by atoms with Gasteiger partial charge in [-0.25, -0.2) is 9.18 Å². The minimum Gasteiger partial charge on any atom is -0.338 e. The van der Waals surface area contributed by atoms with E-state index < -0.39 is 41.5 Å². The number of halogens is 1. The SMILES string of the molecule is CC(C)C(NC(=O)c1ccc(F)cc1)C(=O)ON1C(=O)c2ccccc2C1=O. The third kappa shape index (κ3) is 3.62. The highest BCUT2D eigenvalue weighted by molar-refractivity contribution is 6.21. The average molecular weight is 384 g/mol. The van der Waals surface area contributed by atoms with E-state index in [1.807, 2.05) is 0 Å². The Labute approximate surface area is 160 Å². The van der Waals surface area contributed by atoms with Crippen LogP contribution >= 0.6 is 0 Å². The first kappa shape index (κ1) is 19.2. The molecule has 3 amide bonds. The van der Waals surface area contributed by atoms with Gasteiger partial charge in [0.15, 0.2) is 0 Å². The number of nitrogens with one attached hydrogen (secondary N) is 1. The molecule has 0 radical (unpaired) electrons. The fraction of sp³-hybridized carbons (Fsp3) is 0.200. The molecule has 2 aromatic carbocycles. The second kappa shape index (κ2) is 7.59. The maximum atomic E-state index is 13.0. The molecule has 0 fully saturated rings. The predicted molar refractivity (Wildman–Crippen MR) is 95.5 cm³/mol. The number of rotatable bonds is 5. The Morgan fingerprint density at radius 2 is 1.50 bits per heavy atom. The molecule has 1 heterocycles. The Kier molecular flexibility index (Phi) is 5.21. The predicted octanol–water partition coefficient (Wildman–Crippen LogP) is 2.33. The zero-order chi connectivity index (χ0) is 20.4. The summed E-state index contributed by atoms with van der Waals surface area (Å²) in [7, 11) is 0. The van der Waals surface area contributed by atoms with E-state index in [9.17, 15) is 23.6 Å². The van der Waals surface area contributed by atoms with Gasteiger partial charge < -0.3 is 10.2 Å². The van der Waals surface area contributed by atoms with Crippen molar-refractivity contribution in [1.29, 1.82) is 0 Å². The molecule has 2 aromatic rings. The van der Waals surface area contributed by atoms with Gasteiger partial charge in [-0.05, 0) is 42.3 Å². The van der Waals surface area contributed by atoms with Gasteiger partial charge in [0.2, 0.25) is 0 Å². The maximum Gasteiger partial charge on any atom is 0.355 e. The zero-order valence-corrected chi connectivity index (χ0v) is 15.1. The lowest BCUT2D eigenvalue weighted by atomic mass is 10.0. The third-order valence-corrected chi connectivity index (χ3v) is 4.25. The smallest absolute Gasteiger partial charge is 0.338 e. The van der Waals surface area contributed by atoms with Crippen molar-refractivity contribution in [2.24, 2.45) is 5.92 Å². The van der Waals surface area contributed by atoms with Crippen LogP contribution in [0.25, 0.3) is 0 Å². The van der Waals surface area contributed by atoms with Crippen LogP contribution in [0.5, 0.6) is 0 Å². The molecule has 0 aliphatic carbocycles. The number of imide groups is 1. The van der Waals surface area contributed by atoms with Crippen molar-refractivity contribution in [3.8, 4) is 0 Å². The molecule has 1 atom stereocenters. The van der Waals surface area contributed by atoms with Crippen LogP contribution in [0.2, 0.25) is 0 Å². The van der Waals surface area contributed by atoms with Crippen LogP contribution in [-0.2, 0) is 9.63 Å². The van der Waals surface area contributed by atoms with Gasteiger partial charge in [-0.15, -0.1) is 0 Å². The Morgan fingerprint density at radius 1 is 0.964 bits per heavy atom. The van der Waals surface area contributed by atoms with Crippen LogP contribution in [-0.4, -0.2) is 34.8 Å². The lowest BCUT2D eigenvalue weighted by Gasteiger charge is -2.22. The molecular weight excluding hydrogens is 367 g/mol. The van der Waals surface area contributed by atoms with Crippen molar-refractivity contribution in [2.45, 2.75) is 19.9 Å². The number of hydroxylamine groups is 2. The second-order valence-electron chi connectivity index (χ2n) is 6.56. The Balaban J connectivity index is 1.74. The van der Waals surface area contributed by atoms with Gasteiger partial charge >= 0.3 is 5.97 Å². The van der Waals surface area contributed by atoms with E-state index in [-0.39, 0.29) is 16.7 Å². The highest BCUT2D eigenvalue weighted by Crippen LogP contribution is 2.23. The molecule has 0 saturated carbocycles. The second-order valence-corrected chi connectivity index (χ2v) is 6.56. The molecule has 1 unspecified atom stereocenters. The molecule has 0 spiro atoms. The Hall–Kier alpha value is -3.55. The Bertz CT molecular complexity index is 920. The van der Waals surface area contributed by atoms with Crippen molar-refractivity contribution in [3.63, 3.8) is 0 Å². The molecular formula is C20H17FN2O5. The molecule has 7 nitrogen and oxygen atoms in total. The monoisotopic (exact) mass is 384 g/mol. The van der Waals surface area contributed by atoms with Crippen molar-refractivity contribution < 1.29 is 28.4 Å². The summed E-state index contributed by atoms with van der Waals surface area (Å²) in [6.45, 7) is 3.33. The number of carbonyl (C=O) groups excluding carboxylic acids is 4. The molecule has 1 N–H and O–H groups in total. The Morgan fingerprint density at radius 3 is 2.00 bits per heavy atom. The maximum absolute atomic E-state index is 13.0. The van der Waals surface area contributed by atoms with Gasteiger partial charge in [-0.3, -0.25) is 14.4 Å². The summed E-state index contributed by atoms with van der Waals surface area (Å²) in [5.41, 5.74) is 0.425. The van der Waals surface area contributed by atoms with Gasteiger partial charge in [-0.2, -0.15) is 0 Å². The molecule has 8 heteroatoms. The molecule has 144 valence electrons. The van der Waals surface area contributed by atoms with E-state index in [0.717, 1.165) is 12.1 Å². The number of fused-ring (bicyclic) bond motifs is 1. The average Bonchev–Trinajstić information content (AvgIpc) is 2.91. The lowest BCUT2D eigenvalue weighted by molar-refractivity contribution is -0.172. The summed E-state index contributed by atoms with van der Waals surface area (Å²) >= 11 is 0. The van der Waals surface area contributed by atoms with E-state index in [0.29, 0.717) is 5.06 Å². The normalized spacial score (nSPS) is 14.1. The fourth-order valence-electron chi connectivity index (χ4n) is 2.72. The highest BCUT2D eigenvalue weighted by Gasteiger charge is 2.40. The standard InChI is InChI=1S/C20H17FN2O5/c1-11(2)16(22-17(24)12-7-9-13(21)10-8-12)20(27)28-23-18(25)14-5-3-4-6-15(14)19(23)26/h3-11,16H,1-2H3,(H,22,24). The lowest BCUT2D eigenvalue weighted by Crippen LogP contribution is -2.48. The van der Waals surface area contributed by atoms with E-state index in [2.05, 4.69) is 5.32 Å². The summed E-state index contributed by atoms with van der Waals surface area (Å²) in [6.07, 6.45) is 0. The van der Waals surface area contributed by atoms with E-state index in [1.165, 1.54) is 24.3 Å². The minimum absolute atomic E-state index is 0.136. The molecule has 1 aliphatic heterocycles. The molecule has 1 aliphatic rings. The molecule has 0 aromatic heterocycles. The molecule has 0 saturated heterocycles. The minimum atomic E-state index is -1.12. The molecule has 3 rings (SSSR count). The molecule has 28 heavy (non-hydrogen) atoms. The van der Waals surface area contributed by atoms with Crippen LogP contribution in [0, 0.1) is 11.7 Å². The summed E-state index contributed by atoms with van der Waals surface area (Å²) in [5, 5.41) is 2.89. The van der Waals surface area contributed by atoms with E-state index in [4.69, 9.17) is 4.84 Å². The van der Waals surface area contributed by atoms with Crippen LogP contribution in [0.1, 0.15) is 44.9 Å². The van der Waals surface area contributed by atoms with Crippen molar-refractivity contribution in [1.82, 2.24) is 10.4 Å². The van der Waals surface area contributed by atoms with Crippen LogP contribution < -0.4 is 5.32 Å². The highest BCUT2D eigenvalue weighted by atomic mass is 19.1. The zero-order valence-electron chi connectivity index (χ0n) is 15.1. The van der Waals surface area contributed by atoms with Crippen molar-refractivity contribution in [2.75, 3.05) is 0 Å². The van der Waals surface area contributed by atoms with Crippen molar-refractivity contribution in [3.05, 3.63) is 71.0 Å². The van der Waals surface area contributed by atoms with Gasteiger partial charge in [0.25, 0.3) is 17.7 Å². The number of amides is 3. The summed E-state index contributed by atoms with van der Waals surface area (Å²) in [6, 6.07) is 9.77. The number of hydrogen-bond donors (Lipinski definition) is 1. The van der Waals surface area contributed by atoms with Gasteiger partial charge in [0.1, 0.15) is 11.9 Å². The fourth-order valence-corrected chi connectivity index (χ4v) is 2.72. The summed E-state index contributed by atoms with van der Waals surface area (Å²) in [5.74, 6) is -3.96. The quantitative estimate of drug-likeness (QED) is 0.799. The van der Waals surface area contributed by atoms with E-state index >= 15 is 0 Å². The number of hydrogen-bond acceptors (Lipinski definition) is 5. The number of benzene rings is 2. The van der Waals surface area contributed by atoms with Crippen LogP contribution in [0.4, 0.5) is 4.39 Å². The topological polar surface area (TPSA) is 92.8 Å². The third-order valence-electron chi connectivity index (χ3n) is 4.25. The van der Waals surface area contributed by atoms with Crippen LogP contribution in [0.3, 0.4) is 0 Å². The first-order chi connectivity index (χ1) is 13.3. The van der Waals surface area contributed by atoms with E-state index in [1.54, 1.807) is 26.0 Å². The van der Waals surface area contributed by atoms with Gasteiger partial charge in [-0.1, -0.05) is 31.0 Å². The largest absolute Gasteiger partial charge is 0.355 e. The number of carbonyl (C=O) groups is 4. The summed E-state index contributed by atoms with van der Waals surface area (Å²) < 4.78 is 13.0. The van der Waals surface area contributed by atoms with Gasteiger partial charge in [0.05, 0.1) is 11.1 Å². The van der Waals surface area contributed by atoms with Gasteiger partial charge in [0, 0.05) is 5.56 Å². The van der Waals surface area contributed by atoms with Crippen LogP contribution in [0.15, 0.2) is 48.5 Å². The molecule has 0 bridgehead atoms.